The quantitative estimate of drug-likeness (QED) is 0.267. The van der Waals surface area contributed by atoms with Gasteiger partial charge in [0.15, 0.2) is 0 Å². The van der Waals surface area contributed by atoms with Crippen molar-refractivity contribution in [3.05, 3.63) is 0 Å². The van der Waals surface area contributed by atoms with E-state index < -0.39 is 42.1 Å². The van der Waals surface area contributed by atoms with E-state index in [1.807, 2.05) is 13.8 Å². The van der Waals surface area contributed by atoms with Gasteiger partial charge >= 0.3 is 24.0 Å². The van der Waals surface area contributed by atoms with E-state index in [1.54, 1.807) is 13.8 Å². The molecule has 0 spiro atoms. The molecule has 0 amide bonds. The van der Waals surface area contributed by atoms with Gasteiger partial charge in [0.25, 0.3) is 0 Å². The third kappa shape index (κ3) is 7.62. The third-order valence-electron chi connectivity index (χ3n) is 3.07. The number of halogens is 7. The molecule has 0 radical (unpaired) electrons. The van der Waals surface area contributed by atoms with E-state index in [4.69, 9.17) is 4.74 Å². The Morgan fingerprint density at radius 1 is 1.00 bits per heavy atom. The largest absolute Gasteiger partial charge is 0.462 e. The van der Waals surface area contributed by atoms with Gasteiger partial charge in [0.1, 0.15) is 5.25 Å². The number of thioether (sulfide) groups is 1. The number of rotatable bonds is 10. The normalized spacial score (nSPS) is 14.9. The second kappa shape index (κ2) is 9.32. The molecular weight excluding hydrogens is 377 g/mol. The summed E-state index contributed by atoms with van der Waals surface area (Å²) in [6.45, 7) is 6.92. The van der Waals surface area contributed by atoms with Gasteiger partial charge in [-0.15, -0.1) is 11.8 Å². The first-order valence-electron chi connectivity index (χ1n) is 7.76. The molecule has 0 aromatic carbocycles. The molecule has 25 heavy (non-hydrogen) atoms. The molecule has 0 aliphatic heterocycles. The molecule has 0 fully saturated rings. The molecule has 0 heterocycles. The van der Waals surface area contributed by atoms with Gasteiger partial charge in [0.05, 0.1) is 6.10 Å². The van der Waals surface area contributed by atoms with E-state index in [-0.39, 0.29) is 17.8 Å². The maximum Gasteiger partial charge on any atom is 0.459 e. The molecular formula is C15H23F7O2S. The van der Waals surface area contributed by atoms with Gasteiger partial charge in [-0.25, -0.2) is 0 Å². The van der Waals surface area contributed by atoms with Crippen molar-refractivity contribution in [2.75, 3.05) is 5.75 Å². The average Bonchev–Trinajstić information content (AvgIpc) is 2.39. The fourth-order valence-corrected chi connectivity index (χ4v) is 3.16. The van der Waals surface area contributed by atoms with Crippen LogP contribution < -0.4 is 0 Å². The summed E-state index contributed by atoms with van der Waals surface area (Å²) in [6.07, 6.45) is -8.53. The van der Waals surface area contributed by atoms with E-state index in [2.05, 4.69) is 0 Å². The monoisotopic (exact) mass is 400 g/mol. The minimum atomic E-state index is -6.31. The van der Waals surface area contributed by atoms with Crippen molar-refractivity contribution in [2.45, 2.75) is 76.3 Å². The molecule has 0 bridgehead atoms. The summed E-state index contributed by atoms with van der Waals surface area (Å²) in [7, 11) is 0. The second-order valence-electron chi connectivity index (χ2n) is 6.35. The topological polar surface area (TPSA) is 26.3 Å². The molecule has 1 atom stereocenters. The van der Waals surface area contributed by atoms with Crippen molar-refractivity contribution >= 4 is 17.7 Å². The van der Waals surface area contributed by atoms with Gasteiger partial charge in [-0.05, 0) is 38.4 Å². The van der Waals surface area contributed by atoms with E-state index in [9.17, 15) is 35.5 Å². The van der Waals surface area contributed by atoms with Crippen molar-refractivity contribution in [3.8, 4) is 0 Å². The van der Waals surface area contributed by atoms with E-state index in [0.717, 1.165) is 11.8 Å². The van der Waals surface area contributed by atoms with Crippen LogP contribution in [-0.2, 0) is 9.53 Å². The molecule has 0 aromatic rings. The Kier molecular flexibility index (Phi) is 9.07. The van der Waals surface area contributed by atoms with Gasteiger partial charge in [0.2, 0.25) is 0 Å². The first-order chi connectivity index (χ1) is 11.1. The van der Waals surface area contributed by atoms with Crippen LogP contribution in [0.25, 0.3) is 0 Å². The van der Waals surface area contributed by atoms with Gasteiger partial charge in [-0.1, -0.05) is 13.8 Å². The fraction of sp³-hybridized carbons (Fsp3) is 0.933. The molecule has 1 unspecified atom stereocenters. The molecule has 0 rings (SSSR count). The molecule has 0 aromatic heterocycles. The molecule has 150 valence electrons. The number of carbonyl (C=O) groups is 1. The predicted molar refractivity (Wildman–Crippen MR) is 82.1 cm³/mol. The maximum atomic E-state index is 13.2. The maximum absolute atomic E-state index is 13.2. The highest BCUT2D eigenvalue weighted by Gasteiger charge is 2.72. The Balaban J connectivity index is 4.66. The highest BCUT2D eigenvalue weighted by atomic mass is 32.2. The molecule has 0 saturated heterocycles. The summed E-state index contributed by atoms with van der Waals surface area (Å²) in [5.74, 6) is -11.9. The summed E-state index contributed by atoms with van der Waals surface area (Å²) in [6, 6.07) is 0. The second-order valence-corrected chi connectivity index (χ2v) is 7.67. The first-order valence-corrected chi connectivity index (χ1v) is 8.81. The lowest BCUT2D eigenvalue weighted by Gasteiger charge is -2.28. The standard InChI is InChI=1S/C15H23F7O2S/c1-9(2)8-11(12(23)24-10(3)4)25-7-5-6-13(16,17)14(18,19)15(20,21)22/h9-11H,5-8H2,1-4H3. The molecule has 2 nitrogen and oxygen atoms in total. The van der Waals surface area contributed by atoms with Gasteiger partial charge < -0.3 is 4.74 Å². The molecule has 0 saturated carbocycles. The third-order valence-corrected chi connectivity index (χ3v) is 4.38. The van der Waals surface area contributed by atoms with E-state index >= 15 is 0 Å². The summed E-state index contributed by atoms with van der Waals surface area (Å²) < 4.78 is 93.1. The Labute approximate surface area is 146 Å². The highest BCUT2D eigenvalue weighted by Crippen LogP contribution is 2.48. The number of ether oxygens (including phenoxy) is 1. The van der Waals surface area contributed by atoms with Gasteiger partial charge in [0, 0.05) is 6.42 Å². The number of hydrogen-bond acceptors (Lipinski definition) is 3. The van der Waals surface area contributed by atoms with Crippen LogP contribution in [0.3, 0.4) is 0 Å². The lowest BCUT2D eigenvalue weighted by Crippen LogP contribution is -2.51. The molecule has 0 aliphatic rings. The van der Waals surface area contributed by atoms with Crippen molar-refractivity contribution < 1.29 is 40.3 Å². The van der Waals surface area contributed by atoms with Crippen molar-refractivity contribution in [3.63, 3.8) is 0 Å². The van der Waals surface area contributed by atoms with E-state index in [0.29, 0.717) is 6.42 Å². The first kappa shape index (κ1) is 24.3. The Hall–Kier alpha value is -0.670. The van der Waals surface area contributed by atoms with Crippen molar-refractivity contribution in [1.29, 1.82) is 0 Å². The Morgan fingerprint density at radius 2 is 1.52 bits per heavy atom. The smallest absolute Gasteiger partial charge is 0.459 e. The predicted octanol–water partition coefficient (Wildman–Crippen LogP) is 5.70. The van der Waals surface area contributed by atoms with Crippen LogP contribution >= 0.6 is 11.8 Å². The van der Waals surface area contributed by atoms with Crippen LogP contribution in [0.2, 0.25) is 0 Å². The number of alkyl halides is 7. The van der Waals surface area contributed by atoms with Gasteiger partial charge in [-0.3, -0.25) is 4.79 Å². The lowest BCUT2D eigenvalue weighted by molar-refractivity contribution is -0.355. The summed E-state index contributed by atoms with van der Waals surface area (Å²) in [5.41, 5.74) is 0. The summed E-state index contributed by atoms with van der Waals surface area (Å²) >= 11 is 0.925. The number of esters is 1. The summed E-state index contributed by atoms with van der Waals surface area (Å²) in [5, 5.41) is -0.681. The minimum Gasteiger partial charge on any atom is -0.462 e. The van der Waals surface area contributed by atoms with Crippen molar-refractivity contribution in [2.24, 2.45) is 5.92 Å². The van der Waals surface area contributed by atoms with Crippen LogP contribution in [0.15, 0.2) is 0 Å². The number of hydrogen-bond donors (Lipinski definition) is 0. The fourth-order valence-electron chi connectivity index (χ4n) is 1.85. The zero-order valence-corrected chi connectivity index (χ0v) is 15.2. The zero-order chi connectivity index (χ0) is 20.1. The van der Waals surface area contributed by atoms with Crippen LogP contribution in [0.5, 0.6) is 0 Å². The SMILES string of the molecule is CC(C)CC(SCCCC(F)(F)C(F)(F)C(F)(F)F)C(=O)OC(C)C. The average molecular weight is 400 g/mol. The highest BCUT2D eigenvalue weighted by molar-refractivity contribution is 8.00. The van der Waals surface area contributed by atoms with Crippen LogP contribution in [0, 0.1) is 5.92 Å². The zero-order valence-electron chi connectivity index (χ0n) is 14.4. The van der Waals surface area contributed by atoms with Crippen LogP contribution in [-0.4, -0.2) is 41.1 Å². The van der Waals surface area contributed by atoms with Gasteiger partial charge in [-0.2, -0.15) is 30.7 Å². The van der Waals surface area contributed by atoms with Crippen LogP contribution in [0.1, 0.15) is 47.0 Å². The lowest BCUT2D eigenvalue weighted by atomic mass is 10.1. The number of carbonyl (C=O) groups excluding carboxylic acids is 1. The van der Waals surface area contributed by atoms with Crippen LogP contribution in [0.4, 0.5) is 30.7 Å². The summed E-state index contributed by atoms with van der Waals surface area (Å²) in [4.78, 5) is 11.9. The Morgan fingerprint density at radius 3 is 1.92 bits per heavy atom. The molecule has 10 heteroatoms. The van der Waals surface area contributed by atoms with E-state index in [1.165, 1.54) is 0 Å². The molecule has 0 N–H and O–H groups in total. The Bertz CT molecular complexity index is 423. The van der Waals surface area contributed by atoms with Crippen molar-refractivity contribution in [1.82, 2.24) is 0 Å². The minimum absolute atomic E-state index is 0.0909. The molecule has 0 aliphatic carbocycles.